The second kappa shape index (κ2) is 7.43. The average molecular weight is 277 g/mol. The van der Waals surface area contributed by atoms with Crippen LogP contribution < -0.4 is 5.32 Å². The smallest absolute Gasteiger partial charge is 0.108 e. The van der Waals surface area contributed by atoms with Crippen molar-refractivity contribution in [1.82, 2.24) is 10.2 Å². The van der Waals surface area contributed by atoms with E-state index in [-0.39, 0.29) is 5.54 Å². The van der Waals surface area contributed by atoms with Gasteiger partial charge in [-0.25, -0.2) is 0 Å². The Morgan fingerprint density at radius 3 is 2.80 bits per heavy atom. The topological polar surface area (TPSA) is 39.1 Å². The summed E-state index contributed by atoms with van der Waals surface area (Å²) in [4.78, 5) is 2.76. The molecule has 3 atom stereocenters. The number of rotatable bonds is 5. The summed E-state index contributed by atoms with van der Waals surface area (Å²) in [6.07, 6.45) is 11.3. The Kier molecular flexibility index (Phi) is 5.86. The fourth-order valence-electron chi connectivity index (χ4n) is 4.32. The average Bonchev–Trinajstić information content (AvgIpc) is 2.49. The molecule has 0 aromatic rings. The number of piperidine rings is 1. The number of nitriles is 1. The van der Waals surface area contributed by atoms with Gasteiger partial charge in [-0.15, -0.1) is 0 Å². The molecule has 3 nitrogen and oxygen atoms in total. The summed E-state index contributed by atoms with van der Waals surface area (Å²) in [6, 6.07) is 3.99. The standard InChI is InChI=1S/C17H31N3/c1-3-8-15-9-5-6-12-20(15)16-10-7-11-17(13-16,14-18)19-4-2/h15-16,19H,3-13H2,1-2H3. The van der Waals surface area contributed by atoms with Crippen molar-refractivity contribution in [2.75, 3.05) is 13.1 Å². The lowest BCUT2D eigenvalue weighted by Crippen LogP contribution is -2.55. The summed E-state index contributed by atoms with van der Waals surface area (Å²) in [6.45, 7) is 6.57. The van der Waals surface area contributed by atoms with E-state index in [2.05, 4.69) is 30.1 Å². The summed E-state index contributed by atoms with van der Waals surface area (Å²) in [5.74, 6) is 0. The summed E-state index contributed by atoms with van der Waals surface area (Å²) >= 11 is 0. The SMILES string of the molecule is CCCC1CCCCN1C1CCCC(C#N)(NCC)C1. The van der Waals surface area contributed by atoms with Gasteiger partial charge in [0.1, 0.15) is 5.54 Å². The zero-order chi connectivity index (χ0) is 14.4. The van der Waals surface area contributed by atoms with E-state index >= 15 is 0 Å². The maximum Gasteiger partial charge on any atom is 0.108 e. The van der Waals surface area contributed by atoms with Crippen LogP contribution in [0.15, 0.2) is 0 Å². The highest BCUT2D eigenvalue weighted by Crippen LogP contribution is 2.34. The van der Waals surface area contributed by atoms with E-state index in [4.69, 9.17) is 0 Å². The lowest BCUT2D eigenvalue weighted by molar-refractivity contribution is 0.0499. The molecule has 0 amide bonds. The minimum Gasteiger partial charge on any atom is -0.300 e. The fraction of sp³-hybridized carbons (Fsp3) is 0.941. The summed E-state index contributed by atoms with van der Waals surface area (Å²) in [7, 11) is 0. The summed E-state index contributed by atoms with van der Waals surface area (Å²) < 4.78 is 0. The van der Waals surface area contributed by atoms with Crippen LogP contribution in [0, 0.1) is 11.3 Å². The molecule has 1 heterocycles. The van der Waals surface area contributed by atoms with Crippen molar-refractivity contribution in [1.29, 1.82) is 5.26 Å². The molecule has 3 heteroatoms. The van der Waals surface area contributed by atoms with Gasteiger partial charge in [0.15, 0.2) is 0 Å². The molecule has 0 radical (unpaired) electrons. The first kappa shape index (κ1) is 15.8. The Hall–Kier alpha value is -0.590. The van der Waals surface area contributed by atoms with Crippen LogP contribution in [-0.2, 0) is 0 Å². The molecule has 20 heavy (non-hydrogen) atoms. The van der Waals surface area contributed by atoms with E-state index in [9.17, 15) is 5.26 Å². The Morgan fingerprint density at radius 2 is 2.10 bits per heavy atom. The maximum absolute atomic E-state index is 9.63. The van der Waals surface area contributed by atoms with Gasteiger partial charge in [0.25, 0.3) is 0 Å². The monoisotopic (exact) mass is 277 g/mol. The van der Waals surface area contributed by atoms with Gasteiger partial charge in [-0.05, 0) is 58.0 Å². The van der Waals surface area contributed by atoms with Crippen molar-refractivity contribution < 1.29 is 0 Å². The van der Waals surface area contributed by atoms with Gasteiger partial charge in [0.2, 0.25) is 0 Å². The molecule has 2 rings (SSSR count). The maximum atomic E-state index is 9.63. The molecule has 0 aromatic carbocycles. The third-order valence-corrected chi connectivity index (χ3v) is 5.22. The Labute approximate surface area is 124 Å². The largest absolute Gasteiger partial charge is 0.300 e. The second-order valence-electron chi connectivity index (χ2n) is 6.65. The predicted molar refractivity (Wildman–Crippen MR) is 83.5 cm³/mol. The Morgan fingerprint density at radius 1 is 1.25 bits per heavy atom. The van der Waals surface area contributed by atoms with Gasteiger partial charge < -0.3 is 0 Å². The van der Waals surface area contributed by atoms with Crippen LogP contribution in [0.3, 0.4) is 0 Å². The first-order valence-electron chi connectivity index (χ1n) is 8.66. The van der Waals surface area contributed by atoms with Crippen molar-refractivity contribution in [3.05, 3.63) is 0 Å². The highest BCUT2D eigenvalue weighted by molar-refractivity contribution is 5.11. The van der Waals surface area contributed by atoms with Crippen LogP contribution in [0.1, 0.15) is 71.6 Å². The molecule has 2 fully saturated rings. The van der Waals surface area contributed by atoms with Crippen LogP contribution >= 0.6 is 0 Å². The lowest BCUT2D eigenvalue weighted by Gasteiger charge is -2.46. The fourth-order valence-corrected chi connectivity index (χ4v) is 4.32. The minimum absolute atomic E-state index is 0.258. The van der Waals surface area contributed by atoms with Crippen LogP contribution in [0.4, 0.5) is 0 Å². The second-order valence-corrected chi connectivity index (χ2v) is 6.65. The Bertz CT molecular complexity index is 330. The van der Waals surface area contributed by atoms with Crippen molar-refractivity contribution >= 4 is 0 Å². The van der Waals surface area contributed by atoms with Gasteiger partial charge >= 0.3 is 0 Å². The number of nitrogens with one attached hydrogen (secondary N) is 1. The van der Waals surface area contributed by atoms with Crippen molar-refractivity contribution in [3.63, 3.8) is 0 Å². The molecule has 114 valence electrons. The van der Waals surface area contributed by atoms with E-state index < -0.39 is 0 Å². The molecule has 1 saturated heterocycles. The first-order chi connectivity index (χ1) is 9.74. The number of hydrogen-bond donors (Lipinski definition) is 1. The minimum atomic E-state index is -0.258. The van der Waals surface area contributed by atoms with Crippen molar-refractivity contribution in [3.8, 4) is 6.07 Å². The third-order valence-electron chi connectivity index (χ3n) is 5.22. The van der Waals surface area contributed by atoms with E-state index in [1.807, 2.05) is 0 Å². The summed E-state index contributed by atoms with van der Waals surface area (Å²) in [5, 5.41) is 13.1. The molecule has 1 aliphatic heterocycles. The molecule has 3 unspecified atom stereocenters. The zero-order valence-corrected chi connectivity index (χ0v) is 13.3. The quantitative estimate of drug-likeness (QED) is 0.836. The Balaban J connectivity index is 2.04. The molecular formula is C17H31N3. The van der Waals surface area contributed by atoms with E-state index in [0.717, 1.165) is 25.4 Å². The molecule has 1 saturated carbocycles. The van der Waals surface area contributed by atoms with Crippen molar-refractivity contribution in [2.45, 2.75) is 89.3 Å². The van der Waals surface area contributed by atoms with Gasteiger partial charge in [-0.2, -0.15) is 5.26 Å². The highest BCUT2D eigenvalue weighted by Gasteiger charge is 2.39. The van der Waals surface area contributed by atoms with E-state index in [1.165, 1.54) is 51.5 Å². The number of nitrogens with zero attached hydrogens (tertiary/aromatic N) is 2. The van der Waals surface area contributed by atoms with Crippen LogP contribution in [0.25, 0.3) is 0 Å². The molecular weight excluding hydrogens is 246 g/mol. The van der Waals surface area contributed by atoms with Crippen molar-refractivity contribution in [2.24, 2.45) is 0 Å². The molecule has 0 spiro atoms. The molecule has 2 aliphatic rings. The van der Waals surface area contributed by atoms with Crippen LogP contribution in [0.2, 0.25) is 0 Å². The van der Waals surface area contributed by atoms with Crippen LogP contribution in [-0.4, -0.2) is 35.6 Å². The molecule has 0 bridgehead atoms. The van der Waals surface area contributed by atoms with E-state index in [1.54, 1.807) is 0 Å². The normalized spacial score (nSPS) is 35.6. The summed E-state index contributed by atoms with van der Waals surface area (Å²) in [5.41, 5.74) is -0.258. The lowest BCUT2D eigenvalue weighted by atomic mass is 9.78. The van der Waals surface area contributed by atoms with Gasteiger partial charge in [0, 0.05) is 12.1 Å². The van der Waals surface area contributed by atoms with Gasteiger partial charge in [-0.1, -0.05) is 26.7 Å². The van der Waals surface area contributed by atoms with Gasteiger partial charge in [0.05, 0.1) is 6.07 Å². The predicted octanol–water partition coefficient (Wildman–Crippen LogP) is 3.46. The zero-order valence-electron chi connectivity index (χ0n) is 13.3. The molecule has 1 N–H and O–H groups in total. The molecule has 1 aliphatic carbocycles. The third kappa shape index (κ3) is 3.54. The van der Waals surface area contributed by atoms with Gasteiger partial charge in [-0.3, -0.25) is 10.2 Å². The number of likely N-dealkylation sites (tertiary alicyclic amines) is 1. The molecule has 0 aromatic heterocycles. The van der Waals surface area contributed by atoms with Crippen LogP contribution in [0.5, 0.6) is 0 Å². The highest BCUT2D eigenvalue weighted by atomic mass is 15.2. The first-order valence-corrected chi connectivity index (χ1v) is 8.66. The number of hydrogen-bond acceptors (Lipinski definition) is 3. The van der Waals surface area contributed by atoms with E-state index in [0.29, 0.717) is 6.04 Å².